The lowest BCUT2D eigenvalue weighted by atomic mass is 9.92. The number of rotatable bonds is 5. The predicted molar refractivity (Wildman–Crippen MR) is 108 cm³/mol. The maximum absolute atomic E-state index is 13.0. The molecule has 0 heterocycles. The molecule has 29 heavy (non-hydrogen) atoms. The number of carbonyl (C=O) groups is 1. The smallest absolute Gasteiger partial charge is 0.295 e. The van der Waals surface area contributed by atoms with Crippen LogP contribution in [0.3, 0.4) is 0 Å². The molecule has 8 nitrogen and oxygen atoms in total. The number of fused-ring (bicyclic) bond motifs is 1. The SMILES string of the molecule is C=Cc1c(C(=O)c2ccccc2)c(N)cc2c(S(=O)(=O)O)cc(S(=O)(=O)O)cc12. The molecule has 0 saturated carbocycles. The maximum Gasteiger partial charge on any atom is 0.295 e. The summed E-state index contributed by atoms with van der Waals surface area (Å²) in [5.74, 6) is -0.495. The molecule has 0 bridgehead atoms. The summed E-state index contributed by atoms with van der Waals surface area (Å²) >= 11 is 0. The molecular weight excluding hydrogens is 418 g/mol. The van der Waals surface area contributed by atoms with Crippen molar-refractivity contribution in [3.63, 3.8) is 0 Å². The molecule has 3 aromatic rings. The molecule has 0 fully saturated rings. The molecule has 0 radical (unpaired) electrons. The lowest BCUT2D eigenvalue weighted by Gasteiger charge is -2.15. The Kier molecular flexibility index (Phi) is 5.05. The van der Waals surface area contributed by atoms with E-state index in [1.165, 1.54) is 6.08 Å². The summed E-state index contributed by atoms with van der Waals surface area (Å²) in [5, 5.41) is -0.173. The Morgan fingerprint density at radius 2 is 1.55 bits per heavy atom. The van der Waals surface area contributed by atoms with E-state index in [-0.39, 0.29) is 27.6 Å². The summed E-state index contributed by atoms with van der Waals surface area (Å²) in [6, 6.07) is 10.8. The second kappa shape index (κ2) is 7.08. The lowest BCUT2D eigenvalue weighted by molar-refractivity contribution is 0.103. The molecule has 0 aliphatic carbocycles. The molecule has 0 saturated heterocycles. The highest BCUT2D eigenvalue weighted by Crippen LogP contribution is 2.36. The zero-order valence-corrected chi connectivity index (χ0v) is 16.4. The number of nitrogen functional groups attached to an aromatic ring is 1. The third kappa shape index (κ3) is 3.78. The summed E-state index contributed by atoms with van der Waals surface area (Å²) < 4.78 is 65.8. The van der Waals surface area contributed by atoms with E-state index >= 15 is 0 Å². The van der Waals surface area contributed by atoms with Crippen LogP contribution in [-0.4, -0.2) is 31.7 Å². The Labute approximate surface area is 166 Å². The van der Waals surface area contributed by atoms with E-state index in [2.05, 4.69) is 6.58 Å². The largest absolute Gasteiger partial charge is 0.398 e. The highest BCUT2D eigenvalue weighted by atomic mass is 32.2. The van der Waals surface area contributed by atoms with Gasteiger partial charge in [-0.15, -0.1) is 0 Å². The summed E-state index contributed by atoms with van der Waals surface area (Å²) in [6.45, 7) is 3.61. The van der Waals surface area contributed by atoms with Crippen LogP contribution >= 0.6 is 0 Å². The number of hydrogen-bond acceptors (Lipinski definition) is 6. The Bertz CT molecular complexity index is 1380. The number of ketones is 1. The fraction of sp³-hybridized carbons (Fsp3) is 0. The van der Waals surface area contributed by atoms with Crippen molar-refractivity contribution in [1.29, 1.82) is 0 Å². The van der Waals surface area contributed by atoms with Crippen LogP contribution < -0.4 is 5.73 Å². The highest BCUT2D eigenvalue weighted by molar-refractivity contribution is 7.86. The van der Waals surface area contributed by atoms with Crippen LogP contribution in [0.25, 0.3) is 16.8 Å². The van der Waals surface area contributed by atoms with Crippen LogP contribution in [0, 0.1) is 0 Å². The molecule has 0 aliphatic rings. The summed E-state index contributed by atoms with van der Waals surface area (Å²) in [5.41, 5.74) is 6.27. The third-order valence-corrected chi connectivity index (χ3v) is 6.03. The van der Waals surface area contributed by atoms with Gasteiger partial charge in [-0.25, -0.2) is 0 Å². The van der Waals surface area contributed by atoms with Gasteiger partial charge in [0.25, 0.3) is 20.2 Å². The first-order valence-corrected chi connectivity index (χ1v) is 10.9. The van der Waals surface area contributed by atoms with E-state index in [1.807, 2.05) is 0 Å². The van der Waals surface area contributed by atoms with Gasteiger partial charge in [0.2, 0.25) is 0 Å². The van der Waals surface area contributed by atoms with Crippen molar-refractivity contribution in [1.82, 2.24) is 0 Å². The zero-order chi connectivity index (χ0) is 21.6. The van der Waals surface area contributed by atoms with Crippen molar-refractivity contribution >= 4 is 48.6 Å². The van der Waals surface area contributed by atoms with E-state index in [0.717, 1.165) is 12.1 Å². The van der Waals surface area contributed by atoms with Crippen molar-refractivity contribution in [3.05, 3.63) is 71.8 Å². The van der Waals surface area contributed by atoms with Crippen LogP contribution in [0.2, 0.25) is 0 Å². The normalized spacial score (nSPS) is 12.1. The monoisotopic (exact) mass is 433 g/mol. The van der Waals surface area contributed by atoms with Gasteiger partial charge >= 0.3 is 0 Å². The van der Waals surface area contributed by atoms with Crippen molar-refractivity contribution in [3.8, 4) is 0 Å². The molecular formula is C19H15NO7S2. The standard InChI is InChI=1S/C19H15NO7S2/c1-2-13-14-8-12(28(22,23)24)9-17(29(25,26)27)15(14)10-16(20)18(13)19(21)11-6-4-3-5-7-11/h2-10H,1,20H2,(H,22,23,24)(H,25,26,27). The van der Waals surface area contributed by atoms with E-state index in [4.69, 9.17) is 5.73 Å². The average Bonchev–Trinajstić information content (AvgIpc) is 2.64. The van der Waals surface area contributed by atoms with Gasteiger partial charge < -0.3 is 5.73 Å². The molecule has 0 unspecified atom stereocenters. The molecule has 0 amide bonds. The number of benzene rings is 3. The van der Waals surface area contributed by atoms with Crippen LogP contribution in [0.5, 0.6) is 0 Å². The van der Waals surface area contributed by atoms with Crippen LogP contribution in [0.15, 0.2) is 64.9 Å². The number of nitrogens with two attached hydrogens (primary N) is 1. The molecule has 10 heteroatoms. The van der Waals surface area contributed by atoms with Crippen molar-refractivity contribution < 1.29 is 30.7 Å². The van der Waals surface area contributed by atoms with Gasteiger partial charge in [-0.1, -0.05) is 43.0 Å². The lowest BCUT2D eigenvalue weighted by Crippen LogP contribution is -2.10. The molecule has 0 aromatic heterocycles. The summed E-state index contributed by atoms with van der Waals surface area (Å²) in [6.07, 6.45) is 1.22. The van der Waals surface area contributed by atoms with Crippen LogP contribution in [-0.2, 0) is 20.2 Å². The second-order valence-electron chi connectivity index (χ2n) is 6.12. The molecule has 3 aromatic carbocycles. The van der Waals surface area contributed by atoms with Gasteiger partial charge in [-0.2, -0.15) is 16.8 Å². The number of anilines is 1. The number of hydrogen-bond donors (Lipinski definition) is 3. The van der Waals surface area contributed by atoms with Crippen molar-refractivity contribution in [2.75, 3.05) is 5.73 Å². The van der Waals surface area contributed by atoms with E-state index in [1.54, 1.807) is 30.3 Å². The van der Waals surface area contributed by atoms with Gasteiger partial charge in [0.1, 0.15) is 4.90 Å². The molecule has 0 atom stereocenters. The van der Waals surface area contributed by atoms with Crippen molar-refractivity contribution in [2.45, 2.75) is 9.79 Å². The van der Waals surface area contributed by atoms with Crippen molar-refractivity contribution in [2.24, 2.45) is 0 Å². The Balaban J connectivity index is 2.51. The Morgan fingerprint density at radius 1 is 0.931 bits per heavy atom. The summed E-state index contributed by atoms with van der Waals surface area (Å²) in [7, 11) is -9.71. The Morgan fingerprint density at radius 3 is 2.07 bits per heavy atom. The zero-order valence-electron chi connectivity index (χ0n) is 14.7. The fourth-order valence-electron chi connectivity index (χ4n) is 3.05. The minimum absolute atomic E-state index is 0.0209. The quantitative estimate of drug-likeness (QED) is 0.315. The van der Waals surface area contributed by atoms with Crippen LogP contribution in [0.1, 0.15) is 21.5 Å². The fourth-order valence-corrected chi connectivity index (χ4v) is 4.38. The molecule has 0 aliphatic heterocycles. The molecule has 3 rings (SSSR count). The van der Waals surface area contributed by atoms with E-state index in [9.17, 15) is 30.7 Å². The minimum atomic E-state index is -4.89. The molecule has 4 N–H and O–H groups in total. The van der Waals surface area contributed by atoms with Gasteiger partial charge in [-0.05, 0) is 29.1 Å². The topological polar surface area (TPSA) is 152 Å². The molecule has 150 valence electrons. The van der Waals surface area contributed by atoms with Gasteiger partial charge in [0.15, 0.2) is 5.78 Å². The summed E-state index contributed by atoms with van der Waals surface area (Å²) in [4.78, 5) is 11.4. The van der Waals surface area contributed by atoms with Crippen LogP contribution in [0.4, 0.5) is 5.69 Å². The van der Waals surface area contributed by atoms with E-state index < -0.39 is 35.8 Å². The second-order valence-corrected chi connectivity index (χ2v) is 8.93. The average molecular weight is 433 g/mol. The molecule has 0 spiro atoms. The third-order valence-electron chi connectivity index (χ3n) is 4.31. The first-order chi connectivity index (χ1) is 13.4. The van der Waals surface area contributed by atoms with Gasteiger partial charge in [0, 0.05) is 16.6 Å². The Hall–Kier alpha value is -3.05. The maximum atomic E-state index is 13.0. The van der Waals surface area contributed by atoms with E-state index in [0.29, 0.717) is 11.6 Å². The minimum Gasteiger partial charge on any atom is -0.398 e. The van der Waals surface area contributed by atoms with Gasteiger partial charge in [-0.3, -0.25) is 13.9 Å². The first-order valence-electron chi connectivity index (χ1n) is 8.02. The first kappa shape index (κ1) is 20.7. The predicted octanol–water partition coefficient (Wildman–Crippen LogP) is 2.79. The number of carbonyl (C=O) groups excluding carboxylic acids is 1. The highest BCUT2D eigenvalue weighted by Gasteiger charge is 2.25. The van der Waals surface area contributed by atoms with Gasteiger partial charge in [0.05, 0.1) is 10.5 Å².